The smallest absolute Gasteiger partial charge is 0.254 e. The second-order valence-electron chi connectivity index (χ2n) is 8.86. The maximum absolute atomic E-state index is 12.9. The molecular formula is C26H26N4O5S. The Hall–Kier alpha value is -3.92. The third-order valence-electron chi connectivity index (χ3n) is 5.93. The van der Waals surface area contributed by atoms with Crippen LogP contribution in [0.4, 0.5) is 5.13 Å². The Morgan fingerprint density at radius 1 is 1.06 bits per heavy atom. The lowest BCUT2D eigenvalue weighted by Crippen LogP contribution is -2.39. The van der Waals surface area contributed by atoms with E-state index in [1.54, 1.807) is 22.4 Å². The first kappa shape index (κ1) is 23.8. The highest BCUT2D eigenvalue weighted by Gasteiger charge is 2.34. The first-order valence-electron chi connectivity index (χ1n) is 11.7. The standard InChI is InChI=1S/C26H26N4O5S/c1-16-2-5-18(6-3-16)25(33)30(20-7-8-20)13-24(32)29-26-28-19(14-36-26)11-23(31)27-12-17-4-9-21-22(10-17)35-15-34-21/h2-6,9-10,14,20H,7-8,11-13,15H2,1H3,(H,27,31)(H,28,29,32). The molecule has 5 rings (SSSR count). The van der Waals surface area contributed by atoms with Crippen molar-refractivity contribution >= 4 is 34.2 Å². The summed E-state index contributed by atoms with van der Waals surface area (Å²) in [6.07, 6.45) is 1.89. The van der Waals surface area contributed by atoms with Gasteiger partial charge < -0.3 is 25.0 Å². The molecule has 1 aromatic heterocycles. The van der Waals surface area contributed by atoms with E-state index in [9.17, 15) is 14.4 Å². The van der Waals surface area contributed by atoms with Gasteiger partial charge in [0.2, 0.25) is 18.6 Å². The minimum Gasteiger partial charge on any atom is -0.454 e. The number of ether oxygens (including phenoxy) is 2. The summed E-state index contributed by atoms with van der Waals surface area (Å²) in [4.78, 5) is 44.0. The zero-order valence-electron chi connectivity index (χ0n) is 19.8. The molecule has 0 saturated heterocycles. The normalized spacial score (nSPS) is 13.8. The van der Waals surface area contributed by atoms with Crippen molar-refractivity contribution in [2.75, 3.05) is 18.7 Å². The molecule has 9 nitrogen and oxygen atoms in total. The van der Waals surface area contributed by atoms with Crippen LogP contribution in [0.5, 0.6) is 11.5 Å². The topological polar surface area (TPSA) is 110 Å². The number of rotatable bonds is 9. The highest BCUT2D eigenvalue weighted by atomic mass is 32.1. The summed E-state index contributed by atoms with van der Waals surface area (Å²) in [6.45, 7) is 2.48. The van der Waals surface area contributed by atoms with Gasteiger partial charge in [0.1, 0.15) is 6.54 Å². The van der Waals surface area contributed by atoms with Crippen molar-refractivity contribution in [2.24, 2.45) is 0 Å². The van der Waals surface area contributed by atoms with Gasteiger partial charge in [0.25, 0.3) is 5.91 Å². The highest BCUT2D eigenvalue weighted by molar-refractivity contribution is 7.13. The Kier molecular flexibility index (Phi) is 6.86. The molecule has 0 spiro atoms. The fourth-order valence-corrected chi connectivity index (χ4v) is 4.58. The third kappa shape index (κ3) is 5.83. The molecule has 1 aliphatic carbocycles. The van der Waals surface area contributed by atoms with Crippen LogP contribution in [0.1, 0.15) is 40.0 Å². The van der Waals surface area contributed by atoms with Crippen LogP contribution < -0.4 is 20.1 Å². The number of carbonyl (C=O) groups is 3. The Morgan fingerprint density at radius 3 is 2.61 bits per heavy atom. The predicted molar refractivity (Wildman–Crippen MR) is 134 cm³/mol. The van der Waals surface area contributed by atoms with E-state index in [1.807, 2.05) is 37.3 Å². The zero-order valence-corrected chi connectivity index (χ0v) is 20.6. The molecule has 186 valence electrons. The maximum atomic E-state index is 12.9. The van der Waals surface area contributed by atoms with E-state index in [1.165, 1.54) is 11.3 Å². The summed E-state index contributed by atoms with van der Waals surface area (Å²) in [5.74, 6) is 0.728. The van der Waals surface area contributed by atoms with Gasteiger partial charge in [-0.15, -0.1) is 11.3 Å². The Bertz CT molecular complexity index is 1290. The molecule has 2 aliphatic rings. The van der Waals surface area contributed by atoms with Crippen LogP contribution in [-0.4, -0.2) is 47.0 Å². The van der Waals surface area contributed by atoms with Crippen LogP contribution in [0, 0.1) is 6.92 Å². The van der Waals surface area contributed by atoms with Gasteiger partial charge in [-0.3, -0.25) is 14.4 Å². The van der Waals surface area contributed by atoms with E-state index in [2.05, 4.69) is 15.6 Å². The number of aryl methyl sites for hydroxylation is 1. The lowest BCUT2D eigenvalue weighted by atomic mass is 10.1. The fraction of sp³-hybridized carbons (Fsp3) is 0.308. The van der Waals surface area contributed by atoms with Crippen molar-refractivity contribution in [2.45, 2.75) is 38.8 Å². The summed E-state index contributed by atoms with van der Waals surface area (Å²) in [5.41, 5.74) is 3.11. The predicted octanol–water partition coefficient (Wildman–Crippen LogP) is 3.28. The zero-order chi connectivity index (χ0) is 25.1. The first-order valence-corrected chi connectivity index (χ1v) is 12.6. The molecule has 2 N–H and O–H groups in total. The summed E-state index contributed by atoms with van der Waals surface area (Å²) >= 11 is 1.25. The van der Waals surface area contributed by atoms with Gasteiger partial charge in [-0.1, -0.05) is 23.8 Å². The van der Waals surface area contributed by atoms with Crippen LogP contribution in [0.15, 0.2) is 47.8 Å². The van der Waals surface area contributed by atoms with Crippen molar-refractivity contribution in [3.8, 4) is 11.5 Å². The number of amides is 3. The number of anilines is 1. The molecule has 0 atom stereocenters. The monoisotopic (exact) mass is 506 g/mol. The van der Waals surface area contributed by atoms with E-state index in [0.717, 1.165) is 24.0 Å². The van der Waals surface area contributed by atoms with Crippen LogP contribution >= 0.6 is 11.3 Å². The van der Waals surface area contributed by atoms with Gasteiger partial charge in [-0.05, 0) is 49.6 Å². The summed E-state index contributed by atoms with van der Waals surface area (Å²) < 4.78 is 10.6. The molecule has 1 aliphatic heterocycles. The van der Waals surface area contributed by atoms with E-state index in [0.29, 0.717) is 34.4 Å². The fourth-order valence-electron chi connectivity index (χ4n) is 3.85. The van der Waals surface area contributed by atoms with Crippen LogP contribution in [0.3, 0.4) is 0 Å². The Morgan fingerprint density at radius 2 is 1.83 bits per heavy atom. The average molecular weight is 507 g/mol. The van der Waals surface area contributed by atoms with Crippen molar-refractivity contribution in [3.05, 3.63) is 70.2 Å². The quantitative estimate of drug-likeness (QED) is 0.461. The molecule has 10 heteroatoms. The summed E-state index contributed by atoms with van der Waals surface area (Å²) in [7, 11) is 0. The highest BCUT2D eigenvalue weighted by Crippen LogP contribution is 2.32. The minimum atomic E-state index is -0.310. The summed E-state index contributed by atoms with van der Waals surface area (Å²) in [5, 5.41) is 7.77. The molecular weight excluding hydrogens is 480 g/mol. The average Bonchev–Trinajstić information content (AvgIpc) is 3.44. The Labute approximate surface area is 212 Å². The van der Waals surface area contributed by atoms with Gasteiger partial charge in [0, 0.05) is 23.5 Å². The first-order chi connectivity index (χ1) is 17.4. The largest absolute Gasteiger partial charge is 0.454 e. The molecule has 0 radical (unpaired) electrons. The molecule has 2 heterocycles. The number of aromatic nitrogens is 1. The SMILES string of the molecule is Cc1ccc(C(=O)N(CC(=O)Nc2nc(CC(=O)NCc3ccc4c(c3)OCO4)cs2)C2CC2)cc1. The molecule has 2 aromatic carbocycles. The van der Waals surface area contributed by atoms with Gasteiger partial charge in [0.15, 0.2) is 16.6 Å². The van der Waals surface area contributed by atoms with Crippen molar-refractivity contribution in [1.29, 1.82) is 0 Å². The van der Waals surface area contributed by atoms with Crippen molar-refractivity contribution in [3.63, 3.8) is 0 Å². The third-order valence-corrected chi connectivity index (χ3v) is 6.73. The van der Waals surface area contributed by atoms with Gasteiger partial charge >= 0.3 is 0 Å². The molecule has 3 aromatic rings. The number of nitrogens with zero attached hydrogens (tertiary/aromatic N) is 2. The molecule has 0 bridgehead atoms. The number of thiazole rings is 1. The summed E-state index contributed by atoms with van der Waals surface area (Å²) in [6, 6.07) is 13.0. The second-order valence-corrected chi connectivity index (χ2v) is 9.72. The van der Waals surface area contributed by atoms with E-state index >= 15 is 0 Å². The molecule has 3 amide bonds. The second kappa shape index (κ2) is 10.4. The van der Waals surface area contributed by atoms with Crippen LogP contribution in [-0.2, 0) is 22.6 Å². The van der Waals surface area contributed by atoms with Gasteiger partial charge in [0.05, 0.1) is 12.1 Å². The molecule has 1 saturated carbocycles. The molecule has 36 heavy (non-hydrogen) atoms. The van der Waals surface area contributed by atoms with Gasteiger partial charge in [-0.25, -0.2) is 4.98 Å². The van der Waals surface area contributed by atoms with E-state index < -0.39 is 0 Å². The minimum absolute atomic E-state index is 0.0394. The van der Waals surface area contributed by atoms with Gasteiger partial charge in [-0.2, -0.15) is 0 Å². The van der Waals surface area contributed by atoms with Crippen LogP contribution in [0.2, 0.25) is 0 Å². The lowest BCUT2D eigenvalue weighted by molar-refractivity contribution is -0.120. The van der Waals surface area contributed by atoms with E-state index in [-0.39, 0.29) is 43.5 Å². The Balaban J connectivity index is 1.11. The van der Waals surface area contributed by atoms with Crippen molar-refractivity contribution < 1.29 is 23.9 Å². The number of carbonyl (C=O) groups excluding carboxylic acids is 3. The molecule has 0 unspecified atom stereocenters. The number of benzene rings is 2. The number of fused-ring (bicyclic) bond motifs is 1. The van der Waals surface area contributed by atoms with E-state index in [4.69, 9.17) is 9.47 Å². The lowest BCUT2D eigenvalue weighted by Gasteiger charge is -2.21. The van der Waals surface area contributed by atoms with Crippen molar-refractivity contribution in [1.82, 2.24) is 15.2 Å². The number of hydrogen-bond acceptors (Lipinski definition) is 7. The maximum Gasteiger partial charge on any atom is 0.254 e. The number of hydrogen-bond donors (Lipinski definition) is 2. The molecule has 1 fully saturated rings. The van der Waals surface area contributed by atoms with Crippen LogP contribution in [0.25, 0.3) is 0 Å². The number of nitrogens with one attached hydrogen (secondary N) is 2.